The van der Waals surface area contributed by atoms with Crippen LogP contribution in [-0.2, 0) is 9.53 Å². The monoisotopic (exact) mass is 216 g/mol. The summed E-state index contributed by atoms with van der Waals surface area (Å²) in [4.78, 5) is 10.8. The van der Waals surface area contributed by atoms with Crippen LogP contribution in [0.1, 0.15) is 58.8 Å². The fraction of sp³-hybridized carbons (Fsp3) is 0.917. The number of rotatable bonds is 10. The lowest BCUT2D eigenvalue weighted by atomic mass is 10.1. The number of carboxylic acids is 1. The van der Waals surface area contributed by atoms with Gasteiger partial charge < -0.3 is 9.84 Å². The van der Waals surface area contributed by atoms with Crippen molar-refractivity contribution in [2.75, 3.05) is 6.61 Å². The standard InChI is InChI=1S/C12H24O3/c1-3-5-7-8-9-11(12(13)14)15-10-6-4-2/h11H,3-10H2,1-2H3,(H,13,14). The van der Waals surface area contributed by atoms with Gasteiger partial charge in [0.1, 0.15) is 0 Å². The molecule has 0 aromatic heterocycles. The number of aliphatic carboxylic acids is 1. The van der Waals surface area contributed by atoms with Crippen LogP contribution in [0.2, 0.25) is 0 Å². The molecule has 15 heavy (non-hydrogen) atoms. The first-order valence-electron chi connectivity index (χ1n) is 6.06. The van der Waals surface area contributed by atoms with Crippen LogP contribution in [0.25, 0.3) is 0 Å². The number of hydrogen-bond acceptors (Lipinski definition) is 2. The second-order valence-corrected chi connectivity index (χ2v) is 3.90. The van der Waals surface area contributed by atoms with E-state index in [1.165, 1.54) is 12.8 Å². The average molecular weight is 216 g/mol. The molecule has 0 bridgehead atoms. The summed E-state index contributed by atoms with van der Waals surface area (Å²) in [5.41, 5.74) is 0. The zero-order valence-corrected chi connectivity index (χ0v) is 10.00. The molecular weight excluding hydrogens is 192 g/mol. The Hall–Kier alpha value is -0.570. The predicted molar refractivity (Wildman–Crippen MR) is 61.0 cm³/mol. The van der Waals surface area contributed by atoms with E-state index in [-0.39, 0.29) is 0 Å². The van der Waals surface area contributed by atoms with Crippen LogP contribution in [0.15, 0.2) is 0 Å². The van der Waals surface area contributed by atoms with Crippen LogP contribution in [-0.4, -0.2) is 23.8 Å². The van der Waals surface area contributed by atoms with Crippen LogP contribution in [0, 0.1) is 0 Å². The van der Waals surface area contributed by atoms with Crippen molar-refractivity contribution in [1.82, 2.24) is 0 Å². The molecule has 0 radical (unpaired) electrons. The number of ether oxygens (including phenoxy) is 1. The first kappa shape index (κ1) is 14.4. The van der Waals surface area contributed by atoms with E-state index in [1.54, 1.807) is 0 Å². The van der Waals surface area contributed by atoms with Crippen molar-refractivity contribution in [3.63, 3.8) is 0 Å². The molecule has 0 aliphatic rings. The van der Waals surface area contributed by atoms with Crippen LogP contribution in [0.4, 0.5) is 0 Å². The Labute approximate surface area is 92.8 Å². The zero-order chi connectivity index (χ0) is 11.5. The van der Waals surface area contributed by atoms with Crippen molar-refractivity contribution < 1.29 is 14.6 Å². The number of hydrogen-bond donors (Lipinski definition) is 1. The lowest BCUT2D eigenvalue weighted by molar-refractivity contribution is -0.151. The topological polar surface area (TPSA) is 46.5 Å². The molecule has 0 saturated carbocycles. The van der Waals surface area contributed by atoms with Gasteiger partial charge in [-0.3, -0.25) is 0 Å². The molecule has 1 atom stereocenters. The molecule has 0 aromatic rings. The first-order chi connectivity index (χ1) is 7.22. The van der Waals surface area contributed by atoms with Crippen LogP contribution in [0.5, 0.6) is 0 Å². The fourth-order valence-electron chi connectivity index (χ4n) is 1.40. The molecule has 0 saturated heterocycles. The van der Waals surface area contributed by atoms with Crippen molar-refractivity contribution in [3.8, 4) is 0 Å². The fourth-order valence-corrected chi connectivity index (χ4v) is 1.40. The van der Waals surface area contributed by atoms with Gasteiger partial charge in [0.05, 0.1) is 0 Å². The summed E-state index contributed by atoms with van der Waals surface area (Å²) < 4.78 is 5.32. The normalized spacial score (nSPS) is 12.7. The highest BCUT2D eigenvalue weighted by atomic mass is 16.5. The summed E-state index contributed by atoms with van der Waals surface area (Å²) >= 11 is 0. The largest absolute Gasteiger partial charge is 0.479 e. The quantitative estimate of drug-likeness (QED) is 0.570. The van der Waals surface area contributed by atoms with E-state index in [0.29, 0.717) is 13.0 Å². The number of unbranched alkanes of at least 4 members (excludes halogenated alkanes) is 4. The zero-order valence-electron chi connectivity index (χ0n) is 10.00. The molecule has 0 spiro atoms. The molecule has 1 unspecified atom stereocenters. The minimum atomic E-state index is -0.817. The molecule has 0 aliphatic heterocycles. The molecule has 0 rings (SSSR count). The first-order valence-corrected chi connectivity index (χ1v) is 6.06. The van der Waals surface area contributed by atoms with E-state index in [9.17, 15) is 4.79 Å². The predicted octanol–water partition coefficient (Wildman–Crippen LogP) is 3.23. The maximum atomic E-state index is 10.8. The molecule has 0 aromatic carbocycles. The van der Waals surface area contributed by atoms with E-state index in [2.05, 4.69) is 13.8 Å². The van der Waals surface area contributed by atoms with Crippen molar-refractivity contribution in [2.45, 2.75) is 64.9 Å². The molecule has 90 valence electrons. The summed E-state index contributed by atoms with van der Waals surface area (Å²) in [6, 6.07) is 0. The molecule has 0 heterocycles. The van der Waals surface area contributed by atoms with E-state index >= 15 is 0 Å². The Bertz CT molecular complexity index is 157. The van der Waals surface area contributed by atoms with Crippen LogP contribution in [0.3, 0.4) is 0 Å². The van der Waals surface area contributed by atoms with E-state index in [4.69, 9.17) is 9.84 Å². The van der Waals surface area contributed by atoms with Gasteiger partial charge in [0.15, 0.2) is 6.10 Å². The molecule has 3 nitrogen and oxygen atoms in total. The Kier molecular flexibility index (Phi) is 9.59. The Morgan fingerprint density at radius 2 is 1.80 bits per heavy atom. The second kappa shape index (κ2) is 9.97. The third kappa shape index (κ3) is 8.43. The smallest absolute Gasteiger partial charge is 0.332 e. The maximum absolute atomic E-state index is 10.8. The van der Waals surface area contributed by atoms with Gasteiger partial charge in [-0.15, -0.1) is 0 Å². The van der Waals surface area contributed by atoms with Gasteiger partial charge in [-0.05, 0) is 12.8 Å². The van der Waals surface area contributed by atoms with Crippen molar-refractivity contribution >= 4 is 5.97 Å². The summed E-state index contributed by atoms with van der Waals surface area (Å²) in [6.45, 7) is 4.79. The maximum Gasteiger partial charge on any atom is 0.332 e. The Balaban J connectivity index is 3.59. The molecule has 1 N–H and O–H groups in total. The molecule has 3 heteroatoms. The highest BCUT2D eigenvalue weighted by Crippen LogP contribution is 2.09. The summed E-state index contributed by atoms with van der Waals surface area (Å²) in [5, 5.41) is 8.90. The van der Waals surface area contributed by atoms with Crippen LogP contribution < -0.4 is 0 Å². The molecule has 0 amide bonds. The van der Waals surface area contributed by atoms with Gasteiger partial charge in [-0.2, -0.15) is 0 Å². The van der Waals surface area contributed by atoms with Crippen molar-refractivity contribution in [3.05, 3.63) is 0 Å². The summed E-state index contributed by atoms with van der Waals surface area (Å²) in [6.07, 6.45) is 6.47. The third-order valence-electron chi connectivity index (χ3n) is 2.41. The molecule has 0 aliphatic carbocycles. The third-order valence-corrected chi connectivity index (χ3v) is 2.41. The van der Waals surface area contributed by atoms with E-state index in [1.807, 2.05) is 0 Å². The van der Waals surface area contributed by atoms with Gasteiger partial charge in [0.25, 0.3) is 0 Å². The van der Waals surface area contributed by atoms with E-state index < -0.39 is 12.1 Å². The summed E-state index contributed by atoms with van der Waals surface area (Å²) in [7, 11) is 0. The molecular formula is C12H24O3. The van der Waals surface area contributed by atoms with E-state index in [0.717, 1.165) is 25.7 Å². The highest BCUT2D eigenvalue weighted by molar-refractivity contribution is 5.72. The SMILES string of the molecule is CCCCCCC(OCCCC)C(=O)O. The highest BCUT2D eigenvalue weighted by Gasteiger charge is 2.16. The summed E-state index contributed by atoms with van der Waals surface area (Å²) in [5.74, 6) is -0.817. The van der Waals surface area contributed by atoms with Gasteiger partial charge in [0, 0.05) is 6.61 Å². The molecule has 0 fully saturated rings. The lowest BCUT2D eigenvalue weighted by Crippen LogP contribution is -2.24. The van der Waals surface area contributed by atoms with Gasteiger partial charge in [-0.1, -0.05) is 46.0 Å². The van der Waals surface area contributed by atoms with Gasteiger partial charge in [-0.25, -0.2) is 4.79 Å². The number of carboxylic acid groups (broad SMARTS) is 1. The Morgan fingerprint density at radius 1 is 1.13 bits per heavy atom. The van der Waals surface area contributed by atoms with Gasteiger partial charge in [0.2, 0.25) is 0 Å². The average Bonchev–Trinajstić information content (AvgIpc) is 2.21. The Morgan fingerprint density at radius 3 is 2.33 bits per heavy atom. The minimum Gasteiger partial charge on any atom is -0.479 e. The van der Waals surface area contributed by atoms with Gasteiger partial charge >= 0.3 is 5.97 Å². The van der Waals surface area contributed by atoms with Crippen molar-refractivity contribution in [2.24, 2.45) is 0 Å². The lowest BCUT2D eigenvalue weighted by Gasteiger charge is -2.12. The van der Waals surface area contributed by atoms with Crippen LogP contribution >= 0.6 is 0 Å². The number of carbonyl (C=O) groups is 1. The second-order valence-electron chi connectivity index (χ2n) is 3.90. The minimum absolute atomic E-state index is 0.571. The van der Waals surface area contributed by atoms with Crippen molar-refractivity contribution in [1.29, 1.82) is 0 Å².